The van der Waals surface area contributed by atoms with E-state index in [1.54, 1.807) is 0 Å². The number of carbonyl (C=O) groups is 1. The van der Waals surface area contributed by atoms with E-state index in [9.17, 15) is 13.2 Å². The highest BCUT2D eigenvalue weighted by Gasteiger charge is 2.12. The predicted molar refractivity (Wildman–Crippen MR) is 84.7 cm³/mol. The molecular weight excluding hydrogens is 288 g/mol. The highest BCUT2D eigenvalue weighted by Crippen LogP contribution is 2.10. The van der Waals surface area contributed by atoms with Gasteiger partial charge in [0.25, 0.3) is 0 Å². The van der Waals surface area contributed by atoms with Gasteiger partial charge in [-0.2, -0.15) is 0 Å². The van der Waals surface area contributed by atoms with Gasteiger partial charge in [-0.15, -0.1) is 0 Å². The van der Waals surface area contributed by atoms with E-state index in [-0.39, 0.29) is 24.2 Å². The average molecular weight is 312 g/mol. The molecule has 21 heavy (non-hydrogen) atoms. The Hall–Kier alpha value is -1.40. The van der Waals surface area contributed by atoms with Crippen LogP contribution in [0.15, 0.2) is 18.2 Å². The lowest BCUT2D eigenvalue weighted by Gasteiger charge is -2.15. The third-order valence-corrected chi connectivity index (χ3v) is 4.41. The third kappa shape index (κ3) is 6.73. The van der Waals surface area contributed by atoms with Crippen LogP contribution in [0, 0.1) is 13.8 Å². The molecule has 6 heteroatoms. The second-order valence-electron chi connectivity index (χ2n) is 5.39. The summed E-state index contributed by atoms with van der Waals surface area (Å²) < 4.78 is 24.8. The maximum Gasteiger partial charge on any atom is 0.235 e. The van der Waals surface area contributed by atoms with Gasteiger partial charge >= 0.3 is 0 Å². The minimum atomic E-state index is -3.33. The molecule has 0 aliphatic carbocycles. The zero-order valence-corrected chi connectivity index (χ0v) is 13.9. The van der Waals surface area contributed by atoms with Crippen molar-refractivity contribution >= 4 is 15.9 Å². The van der Waals surface area contributed by atoms with Crippen molar-refractivity contribution in [1.29, 1.82) is 0 Å². The van der Waals surface area contributed by atoms with Gasteiger partial charge in [0, 0.05) is 6.04 Å². The van der Waals surface area contributed by atoms with Crippen LogP contribution < -0.4 is 10.0 Å². The molecule has 0 saturated carbocycles. The van der Waals surface area contributed by atoms with E-state index < -0.39 is 10.0 Å². The summed E-state index contributed by atoms with van der Waals surface area (Å²) in [7, 11) is -3.33. The zero-order chi connectivity index (χ0) is 16.0. The standard InChI is InChI=1S/C15H24N2O3S/c1-5-21(19,20)16-10-15(18)17-13(4)9-14-7-11(2)6-12(3)8-14/h6-8,13,16H,5,9-10H2,1-4H3,(H,17,18)/t13-/m1/s1. The Labute approximate surface area is 127 Å². The monoisotopic (exact) mass is 312 g/mol. The van der Waals surface area contributed by atoms with Gasteiger partial charge in [-0.25, -0.2) is 13.1 Å². The molecule has 5 nitrogen and oxygen atoms in total. The van der Waals surface area contributed by atoms with Crippen molar-refractivity contribution in [2.45, 2.75) is 40.2 Å². The Bertz CT molecular complexity index is 577. The minimum Gasteiger partial charge on any atom is -0.352 e. The first-order valence-electron chi connectivity index (χ1n) is 7.05. The lowest BCUT2D eigenvalue weighted by atomic mass is 10.0. The van der Waals surface area contributed by atoms with Crippen molar-refractivity contribution < 1.29 is 13.2 Å². The van der Waals surface area contributed by atoms with Crippen LogP contribution in [0.2, 0.25) is 0 Å². The van der Waals surface area contributed by atoms with Gasteiger partial charge in [0.2, 0.25) is 15.9 Å². The lowest BCUT2D eigenvalue weighted by Crippen LogP contribution is -2.41. The number of sulfonamides is 1. The van der Waals surface area contributed by atoms with E-state index in [0.29, 0.717) is 0 Å². The van der Waals surface area contributed by atoms with Crippen molar-refractivity contribution in [2.75, 3.05) is 12.3 Å². The quantitative estimate of drug-likeness (QED) is 0.796. The number of aryl methyl sites for hydroxylation is 2. The molecule has 1 atom stereocenters. The fourth-order valence-corrected chi connectivity index (χ4v) is 2.75. The second-order valence-corrected chi connectivity index (χ2v) is 7.49. The normalized spacial score (nSPS) is 13.0. The van der Waals surface area contributed by atoms with Crippen LogP contribution in [0.25, 0.3) is 0 Å². The Morgan fingerprint density at radius 3 is 2.29 bits per heavy atom. The van der Waals surface area contributed by atoms with Crippen molar-refractivity contribution in [2.24, 2.45) is 0 Å². The minimum absolute atomic E-state index is 0.0294. The van der Waals surface area contributed by atoms with Crippen molar-refractivity contribution in [3.8, 4) is 0 Å². The van der Waals surface area contributed by atoms with E-state index in [1.807, 2.05) is 20.8 Å². The van der Waals surface area contributed by atoms with Gasteiger partial charge in [0.05, 0.1) is 12.3 Å². The Morgan fingerprint density at radius 2 is 1.76 bits per heavy atom. The van der Waals surface area contributed by atoms with Crippen LogP contribution in [0.1, 0.15) is 30.5 Å². The molecule has 1 amide bonds. The maximum absolute atomic E-state index is 11.7. The molecule has 1 rings (SSSR count). The summed E-state index contributed by atoms with van der Waals surface area (Å²) in [6, 6.07) is 6.24. The van der Waals surface area contributed by atoms with Crippen molar-refractivity contribution in [3.63, 3.8) is 0 Å². The van der Waals surface area contributed by atoms with Gasteiger partial charge in [0.1, 0.15) is 0 Å². The van der Waals surface area contributed by atoms with Crippen molar-refractivity contribution in [3.05, 3.63) is 34.9 Å². The molecule has 0 aliphatic rings. The summed E-state index contributed by atoms with van der Waals surface area (Å²) in [6.07, 6.45) is 0.717. The molecule has 0 radical (unpaired) electrons. The van der Waals surface area contributed by atoms with Gasteiger partial charge in [0.15, 0.2) is 0 Å². The maximum atomic E-state index is 11.7. The Kier molecular flexibility index (Phi) is 6.36. The molecule has 0 unspecified atom stereocenters. The Balaban J connectivity index is 2.49. The number of rotatable bonds is 7. The number of nitrogens with one attached hydrogen (secondary N) is 2. The fourth-order valence-electron chi connectivity index (χ4n) is 2.19. The molecule has 0 spiro atoms. The number of carbonyl (C=O) groups excluding carboxylic acids is 1. The van der Waals surface area contributed by atoms with Crippen molar-refractivity contribution in [1.82, 2.24) is 10.0 Å². The van der Waals surface area contributed by atoms with E-state index in [0.717, 1.165) is 12.0 Å². The summed E-state index contributed by atoms with van der Waals surface area (Å²) in [5.74, 6) is -0.345. The van der Waals surface area contributed by atoms with E-state index >= 15 is 0 Å². The zero-order valence-electron chi connectivity index (χ0n) is 13.1. The average Bonchev–Trinajstić information content (AvgIpc) is 2.35. The molecule has 1 aromatic rings. The second kappa shape index (κ2) is 7.56. The Morgan fingerprint density at radius 1 is 1.19 bits per heavy atom. The molecule has 118 valence electrons. The molecule has 0 heterocycles. The first-order chi connectivity index (χ1) is 9.71. The summed E-state index contributed by atoms with van der Waals surface area (Å²) in [4.78, 5) is 11.7. The smallest absolute Gasteiger partial charge is 0.235 e. The van der Waals surface area contributed by atoms with E-state index in [1.165, 1.54) is 18.1 Å². The molecule has 0 bridgehead atoms. The predicted octanol–water partition coefficient (Wildman–Crippen LogP) is 1.29. The van der Waals surface area contributed by atoms with Crippen LogP contribution in [-0.4, -0.2) is 32.7 Å². The highest BCUT2D eigenvalue weighted by molar-refractivity contribution is 7.89. The highest BCUT2D eigenvalue weighted by atomic mass is 32.2. The van der Waals surface area contributed by atoms with Gasteiger partial charge in [-0.3, -0.25) is 4.79 Å². The number of benzene rings is 1. The van der Waals surface area contributed by atoms with E-state index in [4.69, 9.17) is 0 Å². The van der Waals surface area contributed by atoms with Crippen LogP contribution in [0.4, 0.5) is 0 Å². The summed E-state index contributed by atoms with van der Waals surface area (Å²) in [6.45, 7) is 7.30. The number of hydrogen-bond acceptors (Lipinski definition) is 3. The largest absolute Gasteiger partial charge is 0.352 e. The third-order valence-electron chi connectivity index (χ3n) is 3.06. The van der Waals surface area contributed by atoms with Crippen LogP contribution >= 0.6 is 0 Å². The van der Waals surface area contributed by atoms with Gasteiger partial charge < -0.3 is 5.32 Å². The summed E-state index contributed by atoms with van der Waals surface area (Å²) >= 11 is 0. The van der Waals surface area contributed by atoms with Crippen LogP contribution in [0.3, 0.4) is 0 Å². The SMILES string of the molecule is CCS(=O)(=O)NCC(=O)N[C@H](C)Cc1cc(C)cc(C)c1. The lowest BCUT2D eigenvalue weighted by molar-refractivity contribution is -0.120. The molecule has 0 saturated heterocycles. The topological polar surface area (TPSA) is 75.3 Å². The number of hydrogen-bond donors (Lipinski definition) is 2. The molecule has 0 aliphatic heterocycles. The molecule has 2 N–H and O–H groups in total. The van der Waals surface area contributed by atoms with Crippen LogP contribution in [-0.2, 0) is 21.2 Å². The molecular formula is C15H24N2O3S. The van der Waals surface area contributed by atoms with Crippen LogP contribution in [0.5, 0.6) is 0 Å². The number of amides is 1. The summed E-state index contributed by atoms with van der Waals surface area (Å²) in [5.41, 5.74) is 3.55. The molecule has 0 fully saturated rings. The molecule has 1 aromatic carbocycles. The van der Waals surface area contributed by atoms with Gasteiger partial charge in [-0.1, -0.05) is 29.3 Å². The molecule has 0 aromatic heterocycles. The first kappa shape index (κ1) is 17.7. The summed E-state index contributed by atoms with van der Waals surface area (Å²) in [5, 5.41) is 2.80. The fraction of sp³-hybridized carbons (Fsp3) is 0.533. The van der Waals surface area contributed by atoms with Gasteiger partial charge in [-0.05, 0) is 39.7 Å². The first-order valence-corrected chi connectivity index (χ1v) is 8.71. The van der Waals surface area contributed by atoms with E-state index in [2.05, 4.69) is 28.2 Å².